The number of hydrogen-bond acceptors (Lipinski definition) is 4. The van der Waals surface area contributed by atoms with Crippen molar-refractivity contribution in [2.75, 3.05) is 0 Å². The molecule has 0 spiro atoms. The summed E-state index contributed by atoms with van der Waals surface area (Å²) < 4.78 is 82.6. The molecule has 52 heavy (non-hydrogen) atoms. The minimum atomic E-state index is -5.00. The Balaban J connectivity index is 1.44. The van der Waals surface area contributed by atoms with E-state index >= 15 is 0 Å². The predicted octanol–water partition coefficient (Wildman–Crippen LogP) is 11.9. The molecule has 0 saturated carbocycles. The maximum atomic E-state index is 13.8. The molecular formula is C42H22F6N4. The summed E-state index contributed by atoms with van der Waals surface area (Å²) in [5.41, 5.74) is 2.19. The molecular weight excluding hydrogens is 674 g/mol. The van der Waals surface area contributed by atoms with Crippen LogP contribution in [0.2, 0.25) is 0 Å². The van der Waals surface area contributed by atoms with E-state index < -0.39 is 23.5 Å². The van der Waals surface area contributed by atoms with E-state index in [1.54, 1.807) is 24.3 Å². The Morgan fingerprint density at radius 3 is 1.58 bits per heavy atom. The van der Waals surface area contributed by atoms with Gasteiger partial charge in [0.2, 0.25) is 0 Å². The summed E-state index contributed by atoms with van der Waals surface area (Å²) >= 11 is 0. The van der Waals surface area contributed by atoms with E-state index in [0.29, 0.717) is 62.1 Å². The first kappa shape index (κ1) is 32.6. The van der Waals surface area contributed by atoms with Gasteiger partial charge in [-0.1, -0.05) is 97.1 Å². The maximum absolute atomic E-state index is 13.8. The normalized spacial score (nSPS) is 12.0. The van der Waals surface area contributed by atoms with Crippen molar-refractivity contribution in [1.82, 2.24) is 15.0 Å². The monoisotopic (exact) mass is 696 g/mol. The van der Waals surface area contributed by atoms with Crippen molar-refractivity contribution in [3.63, 3.8) is 0 Å². The van der Waals surface area contributed by atoms with E-state index in [4.69, 9.17) is 15.0 Å². The van der Waals surface area contributed by atoms with Crippen molar-refractivity contribution in [2.24, 2.45) is 0 Å². The molecule has 8 rings (SSSR count). The van der Waals surface area contributed by atoms with Crippen LogP contribution in [-0.4, -0.2) is 15.0 Å². The number of nitrogens with zero attached hydrogens (tertiary/aromatic N) is 4. The summed E-state index contributed by atoms with van der Waals surface area (Å²) in [4.78, 5) is 15.2. The number of para-hydroxylation sites is 1. The van der Waals surface area contributed by atoms with Gasteiger partial charge in [-0.05, 0) is 47.5 Å². The summed E-state index contributed by atoms with van der Waals surface area (Å²) in [7, 11) is 0. The molecule has 2 heterocycles. The Labute approximate surface area is 292 Å². The van der Waals surface area contributed by atoms with Gasteiger partial charge in [-0.3, -0.25) is 0 Å². The van der Waals surface area contributed by atoms with Gasteiger partial charge in [-0.15, -0.1) is 0 Å². The smallest absolute Gasteiger partial charge is 0.247 e. The molecule has 0 N–H and O–H groups in total. The average Bonchev–Trinajstić information content (AvgIpc) is 3.16. The summed E-state index contributed by atoms with van der Waals surface area (Å²) in [6.45, 7) is 0. The predicted molar refractivity (Wildman–Crippen MR) is 189 cm³/mol. The lowest BCUT2D eigenvalue weighted by Crippen LogP contribution is -2.11. The minimum absolute atomic E-state index is 0.105. The highest BCUT2D eigenvalue weighted by atomic mass is 19.4. The van der Waals surface area contributed by atoms with Crippen molar-refractivity contribution < 1.29 is 26.3 Å². The van der Waals surface area contributed by atoms with E-state index in [1.165, 1.54) is 12.1 Å². The Kier molecular flexibility index (Phi) is 7.72. The zero-order valence-electron chi connectivity index (χ0n) is 26.8. The van der Waals surface area contributed by atoms with Crippen LogP contribution in [0.5, 0.6) is 0 Å². The number of nitriles is 1. The molecule has 2 aromatic heterocycles. The number of benzene rings is 6. The summed E-state index contributed by atoms with van der Waals surface area (Å²) in [5.74, 6) is 0. The number of alkyl halides is 6. The van der Waals surface area contributed by atoms with Crippen LogP contribution < -0.4 is 0 Å². The third-order valence-corrected chi connectivity index (χ3v) is 8.88. The Bertz CT molecular complexity index is 2680. The molecule has 4 nitrogen and oxygen atoms in total. The Morgan fingerprint density at radius 1 is 0.442 bits per heavy atom. The first-order valence-electron chi connectivity index (χ1n) is 16.0. The molecule has 6 aromatic carbocycles. The van der Waals surface area contributed by atoms with Crippen molar-refractivity contribution in [1.29, 1.82) is 5.26 Å². The number of fused-ring (bicyclic) bond motifs is 5. The van der Waals surface area contributed by atoms with E-state index in [2.05, 4.69) is 6.07 Å². The number of rotatable bonds is 4. The molecule has 252 valence electrons. The van der Waals surface area contributed by atoms with Crippen LogP contribution >= 0.6 is 0 Å². The second kappa shape index (κ2) is 12.3. The topological polar surface area (TPSA) is 62.5 Å². The zero-order chi connectivity index (χ0) is 36.2. The van der Waals surface area contributed by atoms with Crippen molar-refractivity contribution in [3.05, 3.63) is 150 Å². The van der Waals surface area contributed by atoms with Gasteiger partial charge < -0.3 is 0 Å². The van der Waals surface area contributed by atoms with E-state index in [-0.39, 0.29) is 22.8 Å². The summed E-state index contributed by atoms with van der Waals surface area (Å²) in [6.07, 6.45) is -10.0. The van der Waals surface area contributed by atoms with Gasteiger partial charge in [0.15, 0.2) is 0 Å². The second-order valence-corrected chi connectivity index (χ2v) is 12.2. The van der Waals surface area contributed by atoms with Gasteiger partial charge in [0.05, 0.1) is 44.8 Å². The lowest BCUT2D eigenvalue weighted by molar-refractivity contribution is -0.143. The van der Waals surface area contributed by atoms with Gasteiger partial charge in [0, 0.05) is 32.8 Å². The van der Waals surface area contributed by atoms with Gasteiger partial charge in [-0.2, -0.15) is 31.6 Å². The van der Waals surface area contributed by atoms with Crippen molar-refractivity contribution in [3.8, 4) is 51.0 Å². The van der Waals surface area contributed by atoms with Crippen LogP contribution in [0, 0.1) is 11.3 Å². The maximum Gasteiger partial charge on any atom is 0.416 e. The quantitative estimate of drug-likeness (QED) is 0.136. The van der Waals surface area contributed by atoms with Crippen LogP contribution in [0.15, 0.2) is 133 Å². The Hall–Kier alpha value is -6.60. The molecule has 0 amide bonds. The van der Waals surface area contributed by atoms with E-state index in [9.17, 15) is 31.6 Å². The van der Waals surface area contributed by atoms with E-state index in [1.807, 2.05) is 78.9 Å². The minimum Gasteiger partial charge on any atom is -0.247 e. The standard InChI is InChI=1S/C42H22F6N4/c43-41(44,45)30-19-28(20-31(22-30)42(46,47)48)26-14-9-15-27(18-26)36-33-21-29(23-49)39-40(35(33)32-16-7-8-17-34(32)50-36)52-38(25-12-5-2-6-13-25)37(51-39)24-10-3-1-4-11-24/h1-22H. The number of hydrogen-bond donors (Lipinski definition) is 0. The highest BCUT2D eigenvalue weighted by Gasteiger charge is 2.37. The highest BCUT2D eigenvalue weighted by molar-refractivity contribution is 6.22. The largest absolute Gasteiger partial charge is 0.416 e. The molecule has 0 aliphatic heterocycles. The molecule has 0 aliphatic carbocycles. The number of aromatic nitrogens is 3. The molecule has 0 atom stereocenters. The van der Waals surface area contributed by atoms with Crippen molar-refractivity contribution >= 4 is 32.7 Å². The Morgan fingerprint density at radius 2 is 0.981 bits per heavy atom. The first-order chi connectivity index (χ1) is 25.0. The van der Waals surface area contributed by atoms with Gasteiger partial charge in [-0.25, -0.2) is 15.0 Å². The van der Waals surface area contributed by atoms with E-state index in [0.717, 1.165) is 16.5 Å². The fourth-order valence-corrected chi connectivity index (χ4v) is 6.50. The van der Waals surface area contributed by atoms with Gasteiger partial charge in [0.1, 0.15) is 11.6 Å². The van der Waals surface area contributed by atoms with Gasteiger partial charge in [0.25, 0.3) is 0 Å². The molecule has 0 radical (unpaired) electrons. The molecule has 0 fully saturated rings. The lowest BCUT2D eigenvalue weighted by Gasteiger charge is -2.17. The van der Waals surface area contributed by atoms with Crippen LogP contribution in [-0.2, 0) is 12.4 Å². The second-order valence-electron chi connectivity index (χ2n) is 12.2. The lowest BCUT2D eigenvalue weighted by atomic mass is 9.93. The third kappa shape index (κ3) is 5.76. The fourth-order valence-electron chi connectivity index (χ4n) is 6.50. The van der Waals surface area contributed by atoms with Gasteiger partial charge >= 0.3 is 12.4 Å². The first-order valence-corrected chi connectivity index (χ1v) is 16.0. The zero-order valence-corrected chi connectivity index (χ0v) is 26.8. The van der Waals surface area contributed by atoms with Crippen LogP contribution in [0.1, 0.15) is 16.7 Å². The number of halogens is 6. The average molecular weight is 697 g/mol. The summed E-state index contributed by atoms with van der Waals surface area (Å²) in [5, 5.41) is 12.4. The number of pyridine rings is 1. The SMILES string of the molecule is N#Cc1cc2c(-c3cccc(-c4cc(C(F)(F)F)cc(C(F)(F)F)c4)c3)nc3ccccc3c2c2nc(-c3ccccc3)c(-c3ccccc3)nc12. The highest BCUT2D eigenvalue weighted by Crippen LogP contribution is 2.42. The van der Waals surface area contributed by atoms with Crippen molar-refractivity contribution in [2.45, 2.75) is 12.4 Å². The molecule has 8 aromatic rings. The molecule has 0 aliphatic rings. The molecule has 0 bridgehead atoms. The molecule has 0 unspecified atom stereocenters. The van der Waals surface area contributed by atoms with Crippen LogP contribution in [0.3, 0.4) is 0 Å². The summed E-state index contributed by atoms with van der Waals surface area (Å²) in [6, 6.07) is 38.0. The fraction of sp³-hybridized carbons (Fsp3) is 0.0476. The molecule has 10 heteroatoms. The third-order valence-electron chi connectivity index (χ3n) is 8.88. The van der Waals surface area contributed by atoms with Crippen LogP contribution in [0.25, 0.3) is 77.6 Å². The molecule has 0 saturated heterocycles. The van der Waals surface area contributed by atoms with Crippen LogP contribution in [0.4, 0.5) is 26.3 Å².